The van der Waals surface area contributed by atoms with E-state index in [-0.39, 0.29) is 6.04 Å². The number of rotatable bonds is 4. The summed E-state index contributed by atoms with van der Waals surface area (Å²) in [4.78, 5) is 10.1. The van der Waals surface area contributed by atoms with Crippen molar-refractivity contribution in [1.82, 2.24) is 15.3 Å². The molecule has 0 saturated heterocycles. The predicted octanol–water partition coefficient (Wildman–Crippen LogP) is 2.85. The molecule has 0 radical (unpaired) electrons. The highest BCUT2D eigenvalue weighted by Crippen LogP contribution is 2.24. The molecule has 0 aliphatic rings. The average molecular weight is 247 g/mol. The first-order valence-corrected chi connectivity index (χ1v) is 6.65. The Morgan fingerprint density at radius 2 is 2.12 bits per heavy atom. The van der Waals surface area contributed by atoms with E-state index in [2.05, 4.69) is 40.6 Å². The molecule has 0 bridgehead atoms. The van der Waals surface area contributed by atoms with Crippen molar-refractivity contribution in [3.8, 4) is 0 Å². The van der Waals surface area contributed by atoms with Gasteiger partial charge in [-0.3, -0.25) is 9.97 Å². The molecule has 2 rings (SSSR count). The topological polar surface area (TPSA) is 37.8 Å². The predicted molar refractivity (Wildman–Crippen MR) is 71.3 cm³/mol. The van der Waals surface area contributed by atoms with Crippen LogP contribution in [0.15, 0.2) is 23.8 Å². The van der Waals surface area contributed by atoms with Crippen LogP contribution in [0.5, 0.6) is 0 Å². The van der Waals surface area contributed by atoms with Gasteiger partial charge in [0.2, 0.25) is 0 Å². The molecule has 1 unspecified atom stereocenters. The Bertz CT molecular complexity index is 476. The lowest BCUT2D eigenvalue weighted by molar-refractivity contribution is 0.613. The second-order valence-corrected chi connectivity index (χ2v) is 5.18. The number of hydrogen-bond donors (Lipinski definition) is 1. The minimum absolute atomic E-state index is 0.151. The zero-order chi connectivity index (χ0) is 12.3. The fourth-order valence-electron chi connectivity index (χ4n) is 1.76. The van der Waals surface area contributed by atoms with Gasteiger partial charge in [0.15, 0.2) is 0 Å². The average Bonchev–Trinajstić information content (AvgIpc) is 2.74. The second-order valence-electron chi connectivity index (χ2n) is 4.06. The summed E-state index contributed by atoms with van der Waals surface area (Å²) in [6, 6.07) is 2.36. The van der Waals surface area contributed by atoms with Crippen LogP contribution in [0.1, 0.15) is 34.8 Å². The van der Waals surface area contributed by atoms with Crippen LogP contribution in [0.25, 0.3) is 0 Å². The molecule has 0 aliphatic heterocycles. The Morgan fingerprint density at radius 3 is 2.65 bits per heavy atom. The molecule has 0 spiro atoms. The summed E-state index contributed by atoms with van der Waals surface area (Å²) in [5, 5.41) is 5.64. The van der Waals surface area contributed by atoms with Crippen LogP contribution >= 0.6 is 11.3 Å². The summed E-state index contributed by atoms with van der Waals surface area (Å²) in [7, 11) is 0. The largest absolute Gasteiger partial charge is 0.305 e. The Kier molecular flexibility index (Phi) is 3.86. The van der Waals surface area contributed by atoms with Gasteiger partial charge in [-0.25, -0.2) is 0 Å². The molecule has 1 N–H and O–H groups in total. The minimum Gasteiger partial charge on any atom is -0.305 e. The van der Waals surface area contributed by atoms with Crippen LogP contribution in [0.2, 0.25) is 0 Å². The van der Waals surface area contributed by atoms with Crippen LogP contribution in [-0.2, 0) is 0 Å². The summed E-state index contributed by atoms with van der Waals surface area (Å²) in [6.07, 6.45) is 3.68. The summed E-state index contributed by atoms with van der Waals surface area (Å²) in [5.41, 5.74) is 3.20. The number of nitrogens with zero attached hydrogens (tertiary/aromatic N) is 2. The number of aromatic nitrogens is 2. The van der Waals surface area contributed by atoms with Crippen molar-refractivity contribution >= 4 is 11.3 Å². The van der Waals surface area contributed by atoms with Crippen molar-refractivity contribution in [2.24, 2.45) is 0 Å². The molecular formula is C13H17N3S. The van der Waals surface area contributed by atoms with Gasteiger partial charge in [0.05, 0.1) is 23.6 Å². The molecule has 0 aliphatic carbocycles. The second kappa shape index (κ2) is 5.38. The highest BCUT2D eigenvalue weighted by atomic mass is 32.1. The molecule has 90 valence electrons. The molecule has 2 aromatic rings. The number of aryl methyl sites for hydroxylation is 2. The first-order valence-electron chi connectivity index (χ1n) is 5.77. The molecule has 0 saturated carbocycles. The van der Waals surface area contributed by atoms with E-state index in [0.717, 1.165) is 17.9 Å². The first-order chi connectivity index (χ1) is 8.20. The molecule has 2 aromatic heterocycles. The first kappa shape index (κ1) is 12.2. The smallest absolute Gasteiger partial charge is 0.0802 e. The van der Waals surface area contributed by atoms with E-state index in [0.29, 0.717) is 0 Å². The Labute approximate surface area is 106 Å². The fraction of sp³-hybridized carbons (Fsp3) is 0.385. The van der Waals surface area contributed by atoms with Gasteiger partial charge in [-0.05, 0) is 37.4 Å². The highest BCUT2D eigenvalue weighted by molar-refractivity contribution is 7.10. The standard InChI is InChI=1S/C13H17N3S/c1-4-14-13(11-5-10(3)17-8-11)12-7-15-9(2)6-16-12/h5-8,13-14H,4H2,1-3H3. The van der Waals surface area contributed by atoms with E-state index in [1.165, 1.54) is 10.4 Å². The van der Waals surface area contributed by atoms with Crippen molar-refractivity contribution in [3.05, 3.63) is 45.7 Å². The van der Waals surface area contributed by atoms with Crippen molar-refractivity contribution in [2.45, 2.75) is 26.8 Å². The van der Waals surface area contributed by atoms with E-state index in [1.807, 2.05) is 19.3 Å². The van der Waals surface area contributed by atoms with Crippen LogP contribution in [0.4, 0.5) is 0 Å². The fourth-order valence-corrected chi connectivity index (χ4v) is 2.49. The lowest BCUT2D eigenvalue weighted by Crippen LogP contribution is -2.22. The summed E-state index contributed by atoms with van der Waals surface area (Å²) >= 11 is 1.77. The lowest BCUT2D eigenvalue weighted by Gasteiger charge is -2.15. The maximum atomic E-state index is 4.46. The van der Waals surface area contributed by atoms with E-state index >= 15 is 0 Å². The minimum atomic E-state index is 0.151. The summed E-state index contributed by atoms with van der Waals surface area (Å²) in [5.74, 6) is 0. The van der Waals surface area contributed by atoms with E-state index in [4.69, 9.17) is 0 Å². The van der Waals surface area contributed by atoms with Gasteiger partial charge in [0, 0.05) is 11.1 Å². The van der Waals surface area contributed by atoms with Gasteiger partial charge in [-0.1, -0.05) is 6.92 Å². The lowest BCUT2D eigenvalue weighted by atomic mass is 10.1. The monoisotopic (exact) mass is 247 g/mol. The van der Waals surface area contributed by atoms with E-state index in [9.17, 15) is 0 Å². The third-order valence-electron chi connectivity index (χ3n) is 2.59. The molecule has 0 fully saturated rings. The number of hydrogen-bond acceptors (Lipinski definition) is 4. The Balaban J connectivity index is 2.31. The van der Waals surface area contributed by atoms with Crippen molar-refractivity contribution in [2.75, 3.05) is 6.54 Å². The van der Waals surface area contributed by atoms with Crippen molar-refractivity contribution in [1.29, 1.82) is 0 Å². The zero-order valence-electron chi connectivity index (χ0n) is 10.4. The molecule has 0 aromatic carbocycles. The normalized spacial score (nSPS) is 12.6. The van der Waals surface area contributed by atoms with E-state index in [1.54, 1.807) is 11.3 Å². The van der Waals surface area contributed by atoms with Gasteiger partial charge >= 0.3 is 0 Å². The SMILES string of the molecule is CCNC(c1csc(C)c1)c1cnc(C)cn1. The van der Waals surface area contributed by atoms with E-state index < -0.39 is 0 Å². The van der Waals surface area contributed by atoms with Gasteiger partial charge in [0.1, 0.15) is 0 Å². The third kappa shape index (κ3) is 2.90. The van der Waals surface area contributed by atoms with Crippen molar-refractivity contribution in [3.63, 3.8) is 0 Å². The highest BCUT2D eigenvalue weighted by Gasteiger charge is 2.15. The molecule has 1 atom stereocenters. The molecular weight excluding hydrogens is 230 g/mol. The molecule has 3 nitrogen and oxygen atoms in total. The van der Waals surface area contributed by atoms with Gasteiger partial charge in [-0.15, -0.1) is 11.3 Å². The van der Waals surface area contributed by atoms with Gasteiger partial charge in [0.25, 0.3) is 0 Å². The number of thiophene rings is 1. The summed E-state index contributed by atoms with van der Waals surface area (Å²) < 4.78 is 0. The van der Waals surface area contributed by atoms with Crippen LogP contribution in [0, 0.1) is 13.8 Å². The Hall–Kier alpha value is -1.26. The molecule has 2 heterocycles. The van der Waals surface area contributed by atoms with Gasteiger partial charge < -0.3 is 5.32 Å². The molecule has 0 amide bonds. The van der Waals surface area contributed by atoms with Crippen LogP contribution in [0.3, 0.4) is 0 Å². The number of nitrogens with one attached hydrogen (secondary N) is 1. The maximum Gasteiger partial charge on any atom is 0.0802 e. The maximum absolute atomic E-state index is 4.46. The summed E-state index contributed by atoms with van der Waals surface area (Å²) in [6.45, 7) is 7.09. The molecule has 17 heavy (non-hydrogen) atoms. The Morgan fingerprint density at radius 1 is 1.29 bits per heavy atom. The molecule has 4 heteroatoms. The zero-order valence-corrected chi connectivity index (χ0v) is 11.2. The quantitative estimate of drug-likeness (QED) is 0.902. The van der Waals surface area contributed by atoms with Crippen LogP contribution < -0.4 is 5.32 Å². The van der Waals surface area contributed by atoms with Crippen molar-refractivity contribution < 1.29 is 0 Å². The van der Waals surface area contributed by atoms with Gasteiger partial charge in [-0.2, -0.15) is 0 Å². The third-order valence-corrected chi connectivity index (χ3v) is 3.47. The van der Waals surface area contributed by atoms with Crippen LogP contribution in [-0.4, -0.2) is 16.5 Å².